The maximum atomic E-state index is 6.23. The molecule has 3 aromatic rings. The van der Waals surface area contributed by atoms with Gasteiger partial charge >= 0.3 is 0 Å². The molecule has 3 N–H and O–H groups in total. The van der Waals surface area contributed by atoms with Gasteiger partial charge in [0, 0.05) is 0 Å². The summed E-state index contributed by atoms with van der Waals surface area (Å²) < 4.78 is 10.5. The molecule has 0 spiro atoms. The lowest BCUT2D eigenvalue weighted by atomic mass is 10.1. The SMILES string of the molecule is COc1cccc([C@H](N)c2nc(-c3ccoc3C)n[nH]2)c1. The van der Waals surface area contributed by atoms with Crippen LogP contribution in [-0.4, -0.2) is 22.3 Å². The van der Waals surface area contributed by atoms with Crippen molar-refractivity contribution in [1.29, 1.82) is 0 Å². The Bertz CT molecular complexity index is 747. The minimum atomic E-state index is -0.395. The summed E-state index contributed by atoms with van der Waals surface area (Å²) in [5.41, 5.74) is 7.99. The van der Waals surface area contributed by atoms with Crippen molar-refractivity contribution in [2.45, 2.75) is 13.0 Å². The number of methoxy groups -OCH3 is 1. The van der Waals surface area contributed by atoms with E-state index in [0.29, 0.717) is 11.6 Å². The molecule has 6 nitrogen and oxygen atoms in total. The van der Waals surface area contributed by atoms with Gasteiger partial charge in [-0.25, -0.2) is 4.98 Å². The number of hydrogen-bond donors (Lipinski definition) is 2. The third kappa shape index (κ3) is 2.53. The number of aryl methyl sites for hydroxylation is 1. The predicted octanol–water partition coefficient (Wildman–Crippen LogP) is 2.43. The Morgan fingerprint density at radius 2 is 2.19 bits per heavy atom. The third-order valence-electron chi connectivity index (χ3n) is 3.35. The number of nitrogens with zero attached hydrogens (tertiary/aromatic N) is 2. The smallest absolute Gasteiger partial charge is 0.184 e. The molecule has 2 aromatic heterocycles. The van der Waals surface area contributed by atoms with Gasteiger partial charge < -0.3 is 14.9 Å². The number of ether oxygens (including phenoxy) is 1. The third-order valence-corrected chi connectivity index (χ3v) is 3.35. The average molecular weight is 284 g/mol. The van der Waals surface area contributed by atoms with Crippen molar-refractivity contribution in [1.82, 2.24) is 15.2 Å². The topological polar surface area (TPSA) is 90.0 Å². The van der Waals surface area contributed by atoms with Crippen LogP contribution in [0.15, 0.2) is 41.0 Å². The highest BCUT2D eigenvalue weighted by atomic mass is 16.5. The van der Waals surface area contributed by atoms with Crippen LogP contribution in [0.4, 0.5) is 0 Å². The summed E-state index contributed by atoms with van der Waals surface area (Å²) in [6, 6.07) is 9.02. The van der Waals surface area contributed by atoms with E-state index in [1.165, 1.54) is 0 Å². The van der Waals surface area contributed by atoms with Crippen LogP contribution in [0.5, 0.6) is 5.75 Å². The summed E-state index contributed by atoms with van der Waals surface area (Å²) in [5, 5.41) is 7.09. The molecule has 1 aromatic carbocycles. The van der Waals surface area contributed by atoms with E-state index >= 15 is 0 Å². The Balaban J connectivity index is 1.90. The number of rotatable bonds is 4. The lowest BCUT2D eigenvalue weighted by Crippen LogP contribution is -2.13. The lowest BCUT2D eigenvalue weighted by Gasteiger charge is -2.09. The molecule has 6 heteroatoms. The first-order valence-corrected chi connectivity index (χ1v) is 6.55. The standard InChI is InChI=1S/C15H16N4O2/c1-9-12(6-7-21-9)14-17-15(19-18-14)13(16)10-4-3-5-11(8-10)20-2/h3-8,13H,16H2,1-2H3,(H,17,18,19)/t13-/m0/s1. The number of H-pyrrole nitrogens is 1. The van der Waals surface area contributed by atoms with E-state index in [-0.39, 0.29) is 0 Å². The molecule has 0 aliphatic carbocycles. The highest BCUT2D eigenvalue weighted by Gasteiger charge is 2.17. The Labute approximate surface area is 122 Å². The molecule has 0 saturated heterocycles. The molecule has 108 valence electrons. The van der Waals surface area contributed by atoms with Crippen LogP contribution < -0.4 is 10.5 Å². The summed E-state index contributed by atoms with van der Waals surface area (Å²) in [6.45, 7) is 1.87. The number of aromatic amines is 1. The van der Waals surface area contributed by atoms with Crippen LogP contribution in [-0.2, 0) is 0 Å². The molecule has 0 unspecified atom stereocenters. The number of benzene rings is 1. The van der Waals surface area contributed by atoms with Crippen molar-refractivity contribution >= 4 is 0 Å². The maximum absolute atomic E-state index is 6.23. The zero-order valence-corrected chi connectivity index (χ0v) is 11.8. The van der Waals surface area contributed by atoms with Gasteiger partial charge in [-0.15, -0.1) is 0 Å². The minimum Gasteiger partial charge on any atom is -0.497 e. The molecular weight excluding hydrogens is 268 g/mol. The summed E-state index contributed by atoms with van der Waals surface area (Å²) in [7, 11) is 1.62. The quantitative estimate of drug-likeness (QED) is 0.768. The molecule has 0 aliphatic rings. The molecule has 21 heavy (non-hydrogen) atoms. The summed E-state index contributed by atoms with van der Waals surface area (Å²) in [5.74, 6) is 2.71. The molecule has 0 fully saturated rings. The fourth-order valence-corrected chi connectivity index (χ4v) is 2.14. The van der Waals surface area contributed by atoms with Crippen molar-refractivity contribution in [3.05, 3.63) is 53.7 Å². The largest absolute Gasteiger partial charge is 0.497 e. The van der Waals surface area contributed by atoms with Gasteiger partial charge in [0.2, 0.25) is 0 Å². The molecule has 0 saturated carbocycles. The maximum Gasteiger partial charge on any atom is 0.184 e. The second-order valence-electron chi connectivity index (χ2n) is 4.69. The zero-order valence-electron chi connectivity index (χ0n) is 11.8. The van der Waals surface area contributed by atoms with E-state index in [0.717, 1.165) is 22.6 Å². The Kier molecular flexibility index (Phi) is 3.45. The number of aromatic nitrogens is 3. The Morgan fingerprint density at radius 1 is 1.33 bits per heavy atom. The Morgan fingerprint density at radius 3 is 2.90 bits per heavy atom. The molecule has 0 amide bonds. The van der Waals surface area contributed by atoms with E-state index in [2.05, 4.69) is 15.2 Å². The fraction of sp³-hybridized carbons (Fsp3) is 0.200. The van der Waals surface area contributed by atoms with Gasteiger partial charge in [-0.2, -0.15) is 5.10 Å². The summed E-state index contributed by atoms with van der Waals surface area (Å²) in [4.78, 5) is 4.45. The number of nitrogens with two attached hydrogens (primary N) is 1. The van der Waals surface area contributed by atoms with E-state index in [4.69, 9.17) is 14.9 Å². The number of hydrogen-bond acceptors (Lipinski definition) is 5. The van der Waals surface area contributed by atoms with Gasteiger partial charge in [0.1, 0.15) is 17.3 Å². The van der Waals surface area contributed by atoms with E-state index in [1.54, 1.807) is 13.4 Å². The molecule has 1 atom stereocenters. The van der Waals surface area contributed by atoms with Crippen LogP contribution in [0.1, 0.15) is 23.2 Å². The van der Waals surface area contributed by atoms with Crippen molar-refractivity contribution < 1.29 is 9.15 Å². The molecule has 0 aliphatic heterocycles. The van der Waals surface area contributed by atoms with Crippen molar-refractivity contribution in [2.24, 2.45) is 5.73 Å². The minimum absolute atomic E-state index is 0.395. The van der Waals surface area contributed by atoms with Crippen LogP contribution in [0.2, 0.25) is 0 Å². The van der Waals surface area contributed by atoms with Gasteiger partial charge in [-0.3, -0.25) is 5.10 Å². The van der Waals surface area contributed by atoms with E-state index in [1.807, 2.05) is 37.3 Å². The molecule has 2 heterocycles. The lowest BCUT2D eigenvalue weighted by molar-refractivity contribution is 0.414. The van der Waals surface area contributed by atoms with Crippen LogP contribution >= 0.6 is 0 Å². The van der Waals surface area contributed by atoms with Gasteiger partial charge in [0.25, 0.3) is 0 Å². The highest BCUT2D eigenvalue weighted by molar-refractivity contribution is 5.56. The average Bonchev–Trinajstić information content (AvgIpc) is 3.15. The first-order chi connectivity index (χ1) is 10.2. The monoisotopic (exact) mass is 284 g/mol. The molecule has 0 radical (unpaired) electrons. The Hall–Kier alpha value is -2.60. The van der Waals surface area contributed by atoms with Crippen LogP contribution in [0.3, 0.4) is 0 Å². The van der Waals surface area contributed by atoms with E-state index in [9.17, 15) is 0 Å². The van der Waals surface area contributed by atoms with Gasteiger partial charge in [0.05, 0.1) is 25.0 Å². The predicted molar refractivity (Wildman–Crippen MR) is 77.8 cm³/mol. The van der Waals surface area contributed by atoms with Gasteiger partial charge in [-0.05, 0) is 30.7 Å². The second-order valence-corrected chi connectivity index (χ2v) is 4.69. The highest BCUT2D eigenvalue weighted by Crippen LogP contribution is 2.24. The van der Waals surface area contributed by atoms with Gasteiger partial charge in [0.15, 0.2) is 5.82 Å². The first-order valence-electron chi connectivity index (χ1n) is 6.55. The summed E-state index contributed by atoms with van der Waals surface area (Å²) >= 11 is 0. The fourth-order valence-electron chi connectivity index (χ4n) is 2.14. The van der Waals surface area contributed by atoms with E-state index < -0.39 is 6.04 Å². The second kappa shape index (κ2) is 5.41. The summed E-state index contributed by atoms with van der Waals surface area (Å²) in [6.07, 6.45) is 1.61. The number of furan rings is 1. The van der Waals surface area contributed by atoms with Gasteiger partial charge in [-0.1, -0.05) is 12.1 Å². The number of nitrogens with one attached hydrogen (secondary N) is 1. The molecule has 0 bridgehead atoms. The normalized spacial score (nSPS) is 12.3. The molecule has 3 rings (SSSR count). The van der Waals surface area contributed by atoms with Crippen LogP contribution in [0.25, 0.3) is 11.4 Å². The van der Waals surface area contributed by atoms with Crippen molar-refractivity contribution in [2.75, 3.05) is 7.11 Å². The van der Waals surface area contributed by atoms with Crippen LogP contribution in [0, 0.1) is 6.92 Å². The van der Waals surface area contributed by atoms with Crippen molar-refractivity contribution in [3.8, 4) is 17.1 Å². The molecular formula is C15H16N4O2. The van der Waals surface area contributed by atoms with Crippen molar-refractivity contribution in [3.63, 3.8) is 0 Å². The zero-order chi connectivity index (χ0) is 14.8. The first kappa shape index (κ1) is 13.4.